The second-order valence-corrected chi connectivity index (χ2v) is 4.59. The van der Waals surface area contributed by atoms with E-state index in [1.165, 1.54) is 4.90 Å². The van der Waals surface area contributed by atoms with Gasteiger partial charge in [0.1, 0.15) is 0 Å². The number of hydrogen-bond donors (Lipinski definition) is 2. The van der Waals surface area contributed by atoms with Gasteiger partial charge in [-0.1, -0.05) is 29.8 Å². The summed E-state index contributed by atoms with van der Waals surface area (Å²) in [4.78, 5) is 24.5. The Kier molecular flexibility index (Phi) is 5.79. The molecule has 0 saturated carbocycles. The average molecular weight is 284 g/mol. The lowest BCUT2D eigenvalue weighted by Gasteiger charge is -2.26. The molecule has 104 valence electrons. The van der Waals surface area contributed by atoms with E-state index in [9.17, 15) is 9.59 Å². The van der Waals surface area contributed by atoms with Crippen molar-refractivity contribution in [3.63, 3.8) is 0 Å². The highest BCUT2D eigenvalue weighted by atomic mass is 35.5. The van der Waals surface area contributed by atoms with Crippen LogP contribution in [0.1, 0.15) is 18.5 Å². The summed E-state index contributed by atoms with van der Waals surface area (Å²) < 4.78 is 0. The number of nitrogens with two attached hydrogens (primary N) is 1. The van der Waals surface area contributed by atoms with Gasteiger partial charge in [0.15, 0.2) is 0 Å². The smallest absolute Gasteiger partial charge is 0.242 e. The minimum Gasteiger partial charge on any atom is -0.346 e. The van der Waals surface area contributed by atoms with Crippen LogP contribution in [0.2, 0.25) is 5.02 Å². The molecule has 1 aromatic rings. The highest BCUT2D eigenvalue weighted by Crippen LogP contribution is 2.25. The Labute approximate surface area is 117 Å². The van der Waals surface area contributed by atoms with Crippen molar-refractivity contribution in [2.24, 2.45) is 5.73 Å². The first-order valence-corrected chi connectivity index (χ1v) is 6.32. The Balaban J connectivity index is 2.66. The second kappa shape index (κ2) is 7.11. The number of halogens is 1. The largest absolute Gasteiger partial charge is 0.346 e. The SMILES string of the molecule is CC(c1ccccc1Cl)N(C)C(=O)CNC(=O)CN. The van der Waals surface area contributed by atoms with Crippen molar-refractivity contribution in [1.82, 2.24) is 10.2 Å². The van der Waals surface area contributed by atoms with Crippen molar-refractivity contribution in [1.29, 1.82) is 0 Å². The van der Waals surface area contributed by atoms with Gasteiger partial charge in [0.05, 0.1) is 19.1 Å². The molecule has 6 heteroatoms. The summed E-state index contributed by atoms with van der Waals surface area (Å²) in [6.45, 7) is 1.68. The Morgan fingerprint density at radius 2 is 2.05 bits per heavy atom. The van der Waals surface area contributed by atoms with Crippen LogP contribution >= 0.6 is 11.6 Å². The molecular formula is C13H18ClN3O2. The fraction of sp³-hybridized carbons (Fsp3) is 0.385. The van der Waals surface area contributed by atoms with Crippen LogP contribution in [-0.4, -0.2) is 36.9 Å². The second-order valence-electron chi connectivity index (χ2n) is 4.18. The summed E-state index contributed by atoms with van der Waals surface area (Å²) in [5.41, 5.74) is 6.02. The van der Waals surface area contributed by atoms with E-state index in [2.05, 4.69) is 5.32 Å². The molecule has 1 atom stereocenters. The van der Waals surface area contributed by atoms with Crippen molar-refractivity contribution < 1.29 is 9.59 Å². The van der Waals surface area contributed by atoms with E-state index in [1.807, 2.05) is 25.1 Å². The summed E-state index contributed by atoms with van der Waals surface area (Å²) in [6, 6.07) is 7.18. The standard InChI is InChI=1S/C13H18ClN3O2/c1-9(10-5-3-4-6-11(10)14)17(2)13(19)8-16-12(18)7-15/h3-6,9H,7-8,15H2,1-2H3,(H,16,18). The molecule has 2 amide bonds. The number of nitrogens with one attached hydrogen (secondary N) is 1. The van der Waals surface area contributed by atoms with E-state index in [1.54, 1.807) is 13.1 Å². The summed E-state index contributed by atoms with van der Waals surface area (Å²) in [5, 5.41) is 3.06. The van der Waals surface area contributed by atoms with Crippen molar-refractivity contribution in [3.8, 4) is 0 Å². The molecule has 0 bridgehead atoms. The van der Waals surface area contributed by atoms with Gasteiger partial charge in [-0.2, -0.15) is 0 Å². The maximum Gasteiger partial charge on any atom is 0.242 e. The topological polar surface area (TPSA) is 75.4 Å². The zero-order valence-electron chi connectivity index (χ0n) is 11.0. The lowest BCUT2D eigenvalue weighted by Crippen LogP contribution is -2.41. The lowest BCUT2D eigenvalue weighted by atomic mass is 10.1. The van der Waals surface area contributed by atoms with Gasteiger partial charge in [-0.3, -0.25) is 9.59 Å². The highest BCUT2D eigenvalue weighted by Gasteiger charge is 2.19. The number of hydrogen-bond acceptors (Lipinski definition) is 3. The minimum atomic E-state index is -0.354. The fourth-order valence-electron chi connectivity index (χ4n) is 1.61. The van der Waals surface area contributed by atoms with Crippen molar-refractivity contribution in [3.05, 3.63) is 34.9 Å². The van der Waals surface area contributed by atoms with Crippen LogP contribution in [0, 0.1) is 0 Å². The zero-order valence-corrected chi connectivity index (χ0v) is 11.8. The zero-order chi connectivity index (χ0) is 14.4. The molecule has 0 radical (unpaired) electrons. The van der Waals surface area contributed by atoms with Gasteiger partial charge in [-0.25, -0.2) is 0 Å². The number of rotatable bonds is 5. The maximum absolute atomic E-state index is 11.9. The quantitative estimate of drug-likeness (QED) is 0.844. The first-order valence-electron chi connectivity index (χ1n) is 5.94. The van der Waals surface area contributed by atoms with Crippen molar-refractivity contribution in [2.45, 2.75) is 13.0 Å². The van der Waals surface area contributed by atoms with Gasteiger partial charge in [0.2, 0.25) is 11.8 Å². The van der Waals surface area contributed by atoms with Crippen LogP contribution in [0.5, 0.6) is 0 Å². The summed E-state index contributed by atoms with van der Waals surface area (Å²) in [7, 11) is 1.67. The first-order chi connectivity index (χ1) is 8.97. The number of amides is 2. The number of benzene rings is 1. The molecule has 5 nitrogen and oxygen atoms in total. The number of carbonyl (C=O) groups is 2. The molecule has 0 saturated heterocycles. The van der Waals surface area contributed by atoms with E-state index in [-0.39, 0.29) is 30.9 Å². The van der Waals surface area contributed by atoms with E-state index in [4.69, 9.17) is 17.3 Å². The van der Waals surface area contributed by atoms with E-state index in [0.29, 0.717) is 5.02 Å². The van der Waals surface area contributed by atoms with Crippen LogP contribution in [-0.2, 0) is 9.59 Å². The summed E-state index contributed by atoms with van der Waals surface area (Å²) >= 11 is 6.09. The van der Waals surface area contributed by atoms with Gasteiger partial charge < -0.3 is 16.0 Å². The Morgan fingerprint density at radius 1 is 1.42 bits per heavy atom. The number of likely N-dealkylation sites (N-methyl/N-ethyl adjacent to an activating group) is 1. The monoisotopic (exact) mass is 283 g/mol. The first kappa shape index (κ1) is 15.5. The molecule has 1 unspecified atom stereocenters. The van der Waals surface area contributed by atoms with Crippen LogP contribution in [0.15, 0.2) is 24.3 Å². The minimum absolute atomic E-state index is 0.0681. The third kappa shape index (κ3) is 4.22. The molecule has 0 aromatic heterocycles. The molecule has 0 spiro atoms. The predicted octanol–water partition coefficient (Wildman–Crippen LogP) is 0.934. The van der Waals surface area contributed by atoms with Gasteiger partial charge in [-0.15, -0.1) is 0 Å². The van der Waals surface area contributed by atoms with Crippen molar-refractivity contribution in [2.75, 3.05) is 20.1 Å². The number of nitrogens with zero attached hydrogens (tertiary/aromatic N) is 1. The Morgan fingerprint density at radius 3 is 2.63 bits per heavy atom. The van der Waals surface area contributed by atoms with E-state index < -0.39 is 0 Å². The Bertz CT molecular complexity index is 465. The predicted molar refractivity (Wildman–Crippen MR) is 74.7 cm³/mol. The molecule has 0 fully saturated rings. The highest BCUT2D eigenvalue weighted by molar-refractivity contribution is 6.31. The molecule has 0 heterocycles. The molecule has 1 aromatic carbocycles. The third-order valence-electron chi connectivity index (χ3n) is 2.95. The molecule has 0 aliphatic carbocycles. The normalized spacial score (nSPS) is 11.8. The van der Waals surface area contributed by atoms with Gasteiger partial charge in [0.25, 0.3) is 0 Å². The molecule has 19 heavy (non-hydrogen) atoms. The lowest BCUT2D eigenvalue weighted by molar-refractivity contribution is -0.133. The summed E-state index contributed by atoms with van der Waals surface area (Å²) in [5.74, 6) is -0.554. The summed E-state index contributed by atoms with van der Waals surface area (Å²) in [6.07, 6.45) is 0. The molecule has 0 aliphatic heterocycles. The van der Waals surface area contributed by atoms with Crippen LogP contribution in [0.3, 0.4) is 0 Å². The average Bonchev–Trinajstić information content (AvgIpc) is 2.43. The maximum atomic E-state index is 11.9. The van der Waals surface area contributed by atoms with Gasteiger partial charge in [-0.05, 0) is 18.6 Å². The van der Waals surface area contributed by atoms with E-state index in [0.717, 1.165) is 5.56 Å². The molecule has 3 N–H and O–H groups in total. The van der Waals surface area contributed by atoms with Crippen LogP contribution in [0.25, 0.3) is 0 Å². The molecule has 0 aliphatic rings. The molecular weight excluding hydrogens is 266 g/mol. The van der Waals surface area contributed by atoms with E-state index >= 15 is 0 Å². The molecule has 1 rings (SSSR count). The van der Waals surface area contributed by atoms with Crippen LogP contribution < -0.4 is 11.1 Å². The fourth-order valence-corrected chi connectivity index (χ4v) is 1.90. The van der Waals surface area contributed by atoms with Gasteiger partial charge in [0, 0.05) is 12.1 Å². The van der Waals surface area contributed by atoms with Crippen molar-refractivity contribution >= 4 is 23.4 Å². The third-order valence-corrected chi connectivity index (χ3v) is 3.30. The van der Waals surface area contributed by atoms with Gasteiger partial charge >= 0.3 is 0 Å². The number of carbonyl (C=O) groups excluding carboxylic acids is 2. The Hall–Kier alpha value is -1.59. The van der Waals surface area contributed by atoms with Crippen LogP contribution in [0.4, 0.5) is 0 Å².